The number of carbonyl (C=O) groups is 2. The van der Waals surface area contributed by atoms with E-state index in [2.05, 4.69) is 25.4 Å². The highest BCUT2D eigenvalue weighted by molar-refractivity contribution is 7.57. The fourth-order valence-electron chi connectivity index (χ4n) is 4.63. The van der Waals surface area contributed by atoms with Gasteiger partial charge in [-0.1, -0.05) is 35.9 Å². The Hall–Kier alpha value is -4.32. The lowest BCUT2D eigenvalue weighted by Crippen LogP contribution is -2.37. The largest absolute Gasteiger partial charge is 0.462 e. The molecule has 0 saturated carbocycles. The standard InChI is InChI=1S/C31H39N6O7P/c1-19(2)42-30(38)24(7)36-45(40,44-25-11-9-8-10-12-25)18-41-23(6)15-37-17-34-26-28(32-16-33-29(26)37)35-31(39)43-27-21(4)13-20(3)14-22(27)5/h8-14,16-17,19,23-24H,15,18H2,1-7H3,(H,36,40)(H,32,33,35,39)/t23-,24-,45+/m1/s1. The zero-order valence-electron chi connectivity index (χ0n) is 26.4. The van der Waals surface area contributed by atoms with Crippen molar-refractivity contribution in [2.45, 2.75) is 73.3 Å². The van der Waals surface area contributed by atoms with Crippen molar-refractivity contribution >= 4 is 36.6 Å². The van der Waals surface area contributed by atoms with E-state index in [1.807, 2.05) is 32.9 Å². The van der Waals surface area contributed by atoms with Crippen molar-refractivity contribution in [1.29, 1.82) is 0 Å². The van der Waals surface area contributed by atoms with Crippen molar-refractivity contribution in [2.75, 3.05) is 11.7 Å². The second-order valence-electron chi connectivity index (χ2n) is 11.1. The number of anilines is 1. The van der Waals surface area contributed by atoms with Gasteiger partial charge in [0.15, 0.2) is 17.0 Å². The van der Waals surface area contributed by atoms with Gasteiger partial charge in [0.05, 0.1) is 25.1 Å². The van der Waals surface area contributed by atoms with Gasteiger partial charge in [0.1, 0.15) is 30.2 Å². The molecule has 45 heavy (non-hydrogen) atoms. The Morgan fingerprint density at radius 3 is 2.33 bits per heavy atom. The molecular formula is C31H39N6O7P. The third kappa shape index (κ3) is 9.10. The summed E-state index contributed by atoms with van der Waals surface area (Å²) in [6.07, 6.45) is 1.01. The van der Waals surface area contributed by atoms with E-state index in [1.165, 1.54) is 6.33 Å². The van der Waals surface area contributed by atoms with Crippen molar-refractivity contribution in [2.24, 2.45) is 0 Å². The fourth-order valence-corrected chi connectivity index (χ4v) is 6.42. The minimum Gasteiger partial charge on any atom is -0.462 e. The first-order valence-electron chi connectivity index (χ1n) is 14.5. The van der Waals surface area contributed by atoms with Crippen LogP contribution in [0.4, 0.5) is 10.6 Å². The molecule has 0 aliphatic carbocycles. The Balaban J connectivity index is 1.43. The summed E-state index contributed by atoms with van der Waals surface area (Å²) >= 11 is 0. The van der Waals surface area contributed by atoms with Gasteiger partial charge in [-0.05, 0) is 71.7 Å². The highest BCUT2D eigenvalue weighted by atomic mass is 31.2. The van der Waals surface area contributed by atoms with Crippen LogP contribution in [0.25, 0.3) is 11.2 Å². The molecule has 3 atom stereocenters. The molecule has 0 aliphatic heterocycles. The number of amides is 1. The molecule has 2 aromatic carbocycles. The van der Waals surface area contributed by atoms with E-state index in [-0.39, 0.29) is 24.8 Å². The Labute approximate surface area is 262 Å². The molecule has 0 radical (unpaired) electrons. The van der Waals surface area contributed by atoms with Crippen LogP contribution in [0.2, 0.25) is 0 Å². The number of carbonyl (C=O) groups excluding carboxylic acids is 2. The SMILES string of the molecule is Cc1cc(C)c(OC(=O)Nc2ncnc3c2ncn3C[C@@H](C)OC[P@@](=O)(N[C@H](C)C(=O)OC(C)C)Oc2ccccc2)c(C)c1. The van der Waals surface area contributed by atoms with Crippen LogP contribution in [0.3, 0.4) is 0 Å². The number of ether oxygens (including phenoxy) is 3. The number of nitrogens with zero attached hydrogens (tertiary/aromatic N) is 4. The van der Waals surface area contributed by atoms with E-state index < -0.39 is 31.7 Å². The van der Waals surface area contributed by atoms with Crippen molar-refractivity contribution in [3.05, 3.63) is 71.8 Å². The van der Waals surface area contributed by atoms with Crippen molar-refractivity contribution in [3.63, 3.8) is 0 Å². The minimum absolute atomic E-state index is 0.187. The molecule has 0 bridgehead atoms. The third-order valence-corrected chi connectivity index (χ3v) is 8.27. The predicted molar refractivity (Wildman–Crippen MR) is 170 cm³/mol. The highest BCUT2D eigenvalue weighted by Gasteiger charge is 2.32. The lowest BCUT2D eigenvalue weighted by molar-refractivity contribution is -0.149. The van der Waals surface area contributed by atoms with Gasteiger partial charge in [0, 0.05) is 0 Å². The fraction of sp³-hybridized carbons (Fsp3) is 0.387. The maximum Gasteiger partial charge on any atom is 0.418 e. The summed E-state index contributed by atoms with van der Waals surface area (Å²) in [6, 6.07) is 11.6. The van der Waals surface area contributed by atoms with E-state index in [0.29, 0.717) is 22.7 Å². The summed E-state index contributed by atoms with van der Waals surface area (Å²) < 4.78 is 38.2. The van der Waals surface area contributed by atoms with Crippen LogP contribution in [0.5, 0.6) is 11.5 Å². The summed E-state index contributed by atoms with van der Waals surface area (Å²) in [6.45, 7) is 12.8. The molecule has 4 aromatic rings. The number of hydrogen-bond donors (Lipinski definition) is 2. The van der Waals surface area contributed by atoms with Crippen LogP contribution in [0.1, 0.15) is 44.4 Å². The quantitative estimate of drug-likeness (QED) is 0.132. The zero-order valence-corrected chi connectivity index (χ0v) is 27.3. The molecule has 2 heterocycles. The number of aryl methyl sites for hydroxylation is 3. The van der Waals surface area contributed by atoms with Crippen LogP contribution in [0.15, 0.2) is 55.1 Å². The van der Waals surface area contributed by atoms with Gasteiger partial charge in [-0.2, -0.15) is 0 Å². The van der Waals surface area contributed by atoms with E-state index in [4.69, 9.17) is 18.7 Å². The first-order valence-corrected chi connectivity index (χ1v) is 16.3. The van der Waals surface area contributed by atoms with E-state index in [1.54, 1.807) is 68.9 Å². The zero-order chi connectivity index (χ0) is 32.7. The minimum atomic E-state index is -3.73. The van der Waals surface area contributed by atoms with Gasteiger partial charge in [-0.15, -0.1) is 0 Å². The molecule has 4 rings (SSSR count). The number of rotatable bonds is 13. The maximum absolute atomic E-state index is 13.9. The van der Waals surface area contributed by atoms with Crippen LogP contribution in [0, 0.1) is 20.8 Å². The van der Waals surface area contributed by atoms with Gasteiger partial charge < -0.3 is 23.3 Å². The average Bonchev–Trinajstić information content (AvgIpc) is 3.37. The number of esters is 1. The van der Waals surface area contributed by atoms with Gasteiger partial charge in [0.2, 0.25) is 0 Å². The maximum atomic E-state index is 13.9. The number of fused-ring (bicyclic) bond motifs is 1. The number of aromatic nitrogens is 4. The summed E-state index contributed by atoms with van der Waals surface area (Å²) in [5, 5.41) is 5.44. The molecule has 2 aromatic heterocycles. The first kappa shape index (κ1) is 33.6. The van der Waals surface area contributed by atoms with Crippen LogP contribution < -0.4 is 19.7 Å². The number of nitrogens with one attached hydrogen (secondary N) is 2. The van der Waals surface area contributed by atoms with Crippen LogP contribution >= 0.6 is 7.52 Å². The number of hydrogen-bond acceptors (Lipinski definition) is 10. The predicted octanol–water partition coefficient (Wildman–Crippen LogP) is 5.93. The molecule has 14 heteroatoms. The normalized spacial score (nSPS) is 14.0. The Bertz CT molecular complexity index is 1670. The molecule has 1 amide bonds. The molecule has 0 fully saturated rings. The molecule has 240 valence electrons. The van der Waals surface area contributed by atoms with Gasteiger partial charge in [0.25, 0.3) is 0 Å². The lowest BCUT2D eigenvalue weighted by atomic mass is 10.1. The van der Waals surface area contributed by atoms with Gasteiger partial charge in [-0.3, -0.25) is 14.7 Å². The van der Waals surface area contributed by atoms with Crippen molar-refractivity contribution in [3.8, 4) is 11.5 Å². The molecule has 2 N–H and O–H groups in total. The Kier molecular flexibility index (Phi) is 10.9. The average molecular weight is 639 g/mol. The summed E-state index contributed by atoms with van der Waals surface area (Å²) in [7, 11) is -3.73. The number of benzene rings is 2. The highest BCUT2D eigenvalue weighted by Crippen LogP contribution is 2.44. The van der Waals surface area contributed by atoms with Crippen LogP contribution in [-0.2, 0) is 25.4 Å². The monoisotopic (exact) mass is 638 g/mol. The first-order chi connectivity index (χ1) is 21.3. The topological polar surface area (TPSA) is 156 Å². The molecule has 0 aliphatic rings. The second kappa shape index (κ2) is 14.6. The van der Waals surface area contributed by atoms with Crippen molar-refractivity contribution in [1.82, 2.24) is 24.6 Å². The number of imidazole rings is 1. The summed E-state index contributed by atoms with van der Waals surface area (Å²) in [4.78, 5) is 38.1. The summed E-state index contributed by atoms with van der Waals surface area (Å²) in [5.74, 6) is 0.468. The van der Waals surface area contributed by atoms with E-state index in [0.717, 1.165) is 16.7 Å². The van der Waals surface area contributed by atoms with Gasteiger partial charge in [-0.25, -0.2) is 24.8 Å². The molecule has 0 spiro atoms. The summed E-state index contributed by atoms with van der Waals surface area (Å²) in [5.41, 5.74) is 3.56. The third-order valence-electron chi connectivity index (χ3n) is 6.50. The smallest absolute Gasteiger partial charge is 0.418 e. The lowest BCUT2D eigenvalue weighted by Gasteiger charge is -2.25. The van der Waals surface area contributed by atoms with Gasteiger partial charge >= 0.3 is 19.6 Å². The molecular weight excluding hydrogens is 599 g/mol. The van der Waals surface area contributed by atoms with E-state index in [9.17, 15) is 14.2 Å². The Morgan fingerprint density at radius 2 is 1.67 bits per heavy atom. The van der Waals surface area contributed by atoms with Crippen molar-refractivity contribution < 1.29 is 32.9 Å². The second-order valence-corrected chi connectivity index (χ2v) is 13.1. The molecule has 13 nitrogen and oxygen atoms in total. The molecule has 0 unspecified atom stereocenters. The van der Waals surface area contributed by atoms with Crippen LogP contribution in [-0.4, -0.2) is 56.2 Å². The van der Waals surface area contributed by atoms with E-state index >= 15 is 0 Å². The number of para-hydroxylation sites is 1. The molecule has 0 saturated heterocycles. The Morgan fingerprint density at radius 1 is 0.978 bits per heavy atom.